The SMILES string of the molecule is CCO[C@H](C)c1c(C)cc(O)c(CC=C(C)CCC=C(C)CCC=C(C)C)c1O. The molecule has 0 saturated carbocycles. The topological polar surface area (TPSA) is 49.7 Å². The monoisotopic (exact) mass is 400 g/mol. The van der Waals surface area contributed by atoms with Crippen LogP contribution in [-0.4, -0.2) is 16.8 Å². The summed E-state index contributed by atoms with van der Waals surface area (Å²) in [6.07, 6.45) is 11.2. The standard InChI is InChI=1S/C26H40O3/c1-8-29-22(7)25-21(6)17-24(27)23(26(25)28)16-15-20(5)14-10-13-19(4)12-9-11-18(2)3/h11,13,15,17,22,27-28H,8-10,12,14,16H2,1-7H3/t22-/m1/s1. The molecule has 0 aromatic heterocycles. The summed E-state index contributed by atoms with van der Waals surface area (Å²) < 4.78 is 5.66. The van der Waals surface area contributed by atoms with E-state index >= 15 is 0 Å². The molecule has 3 nitrogen and oxygen atoms in total. The van der Waals surface area contributed by atoms with Crippen molar-refractivity contribution in [3.63, 3.8) is 0 Å². The van der Waals surface area contributed by atoms with Crippen LogP contribution < -0.4 is 0 Å². The molecule has 0 fully saturated rings. The minimum absolute atomic E-state index is 0.145. The van der Waals surface area contributed by atoms with Gasteiger partial charge in [0.1, 0.15) is 11.5 Å². The molecule has 0 heterocycles. The van der Waals surface area contributed by atoms with Crippen molar-refractivity contribution >= 4 is 0 Å². The van der Waals surface area contributed by atoms with Crippen molar-refractivity contribution in [2.75, 3.05) is 6.61 Å². The minimum Gasteiger partial charge on any atom is -0.508 e. The second kappa shape index (κ2) is 12.5. The molecule has 3 heteroatoms. The maximum atomic E-state index is 10.7. The van der Waals surface area contributed by atoms with Gasteiger partial charge in [-0.3, -0.25) is 0 Å². The van der Waals surface area contributed by atoms with Crippen molar-refractivity contribution in [2.24, 2.45) is 0 Å². The highest BCUT2D eigenvalue weighted by Gasteiger charge is 2.19. The molecule has 2 N–H and O–H groups in total. The van der Waals surface area contributed by atoms with Crippen LogP contribution in [0.1, 0.15) is 90.0 Å². The summed E-state index contributed by atoms with van der Waals surface area (Å²) in [5.41, 5.74) is 6.25. The maximum Gasteiger partial charge on any atom is 0.128 e. The number of phenols is 2. The fraction of sp³-hybridized carbons (Fsp3) is 0.538. The molecule has 0 saturated heterocycles. The molecule has 0 aliphatic rings. The Morgan fingerprint density at radius 1 is 1.00 bits per heavy atom. The third-order valence-electron chi connectivity index (χ3n) is 5.23. The van der Waals surface area contributed by atoms with Gasteiger partial charge in [-0.15, -0.1) is 0 Å². The van der Waals surface area contributed by atoms with Crippen molar-refractivity contribution in [1.82, 2.24) is 0 Å². The number of rotatable bonds is 11. The summed E-state index contributed by atoms with van der Waals surface area (Å²) >= 11 is 0. The van der Waals surface area contributed by atoms with Gasteiger partial charge in [-0.25, -0.2) is 0 Å². The van der Waals surface area contributed by atoms with Gasteiger partial charge in [-0.1, -0.05) is 34.9 Å². The zero-order valence-corrected chi connectivity index (χ0v) is 19.4. The number of ether oxygens (including phenoxy) is 1. The number of hydrogen-bond acceptors (Lipinski definition) is 3. The van der Waals surface area contributed by atoms with Crippen LogP contribution >= 0.6 is 0 Å². The van der Waals surface area contributed by atoms with Crippen LogP contribution in [0.5, 0.6) is 11.5 Å². The summed E-state index contributed by atoms with van der Waals surface area (Å²) in [6, 6.07) is 1.72. The molecule has 0 spiro atoms. The maximum absolute atomic E-state index is 10.7. The van der Waals surface area contributed by atoms with Gasteiger partial charge in [-0.05, 0) is 92.2 Å². The second-order valence-corrected chi connectivity index (χ2v) is 8.21. The number of allylic oxidation sites excluding steroid dienone is 6. The lowest BCUT2D eigenvalue weighted by Crippen LogP contribution is -2.04. The van der Waals surface area contributed by atoms with E-state index in [0.717, 1.165) is 36.8 Å². The molecule has 0 aliphatic carbocycles. The van der Waals surface area contributed by atoms with E-state index < -0.39 is 0 Å². The first kappa shape index (κ1) is 25.0. The van der Waals surface area contributed by atoms with Crippen LogP contribution in [0.3, 0.4) is 0 Å². The molecule has 162 valence electrons. The molecule has 1 atom stereocenters. The highest BCUT2D eigenvalue weighted by atomic mass is 16.5. The molecule has 0 radical (unpaired) electrons. The fourth-order valence-corrected chi connectivity index (χ4v) is 3.50. The third-order valence-corrected chi connectivity index (χ3v) is 5.23. The molecule has 0 unspecified atom stereocenters. The molecule has 29 heavy (non-hydrogen) atoms. The van der Waals surface area contributed by atoms with Crippen molar-refractivity contribution in [1.29, 1.82) is 0 Å². The molecule has 0 amide bonds. The first-order valence-electron chi connectivity index (χ1n) is 10.8. The van der Waals surface area contributed by atoms with E-state index in [9.17, 15) is 10.2 Å². The van der Waals surface area contributed by atoms with E-state index in [4.69, 9.17) is 4.74 Å². The first-order chi connectivity index (χ1) is 13.7. The van der Waals surface area contributed by atoms with Crippen LogP contribution in [0.15, 0.2) is 41.0 Å². The van der Waals surface area contributed by atoms with Gasteiger partial charge in [-0.2, -0.15) is 0 Å². The Labute approximate surface area is 177 Å². The van der Waals surface area contributed by atoms with Crippen LogP contribution in [0.4, 0.5) is 0 Å². The minimum atomic E-state index is -0.205. The Kier molecular flexibility index (Phi) is 10.8. The van der Waals surface area contributed by atoms with Gasteiger partial charge in [0.05, 0.1) is 6.10 Å². The Bertz CT molecular complexity index is 750. The average Bonchev–Trinajstić information content (AvgIpc) is 2.61. The number of phenolic OH excluding ortho intramolecular Hbond substituents is 2. The summed E-state index contributed by atoms with van der Waals surface area (Å²) in [4.78, 5) is 0. The Morgan fingerprint density at radius 2 is 1.59 bits per heavy atom. The first-order valence-corrected chi connectivity index (χ1v) is 10.8. The van der Waals surface area contributed by atoms with Crippen LogP contribution in [0.2, 0.25) is 0 Å². The van der Waals surface area contributed by atoms with Gasteiger partial charge in [0.2, 0.25) is 0 Å². The largest absolute Gasteiger partial charge is 0.508 e. The van der Waals surface area contributed by atoms with Crippen LogP contribution in [0.25, 0.3) is 0 Å². The van der Waals surface area contributed by atoms with Crippen molar-refractivity contribution in [3.05, 3.63) is 57.7 Å². The summed E-state index contributed by atoms with van der Waals surface area (Å²) in [5, 5.41) is 21.1. The molecular weight excluding hydrogens is 360 g/mol. The Morgan fingerprint density at radius 3 is 2.17 bits per heavy atom. The number of aromatic hydroxyl groups is 2. The summed E-state index contributed by atoms with van der Waals surface area (Å²) in [7, 11) is 0. The Balaban J connectivity index is 2.77. The summed E-state index contributed by atoms with van der Waals surface area (Å²) in [5.74, 6) is 0.300. The van der Waals surface area contributed by atoms with Gasteiger partial charge in [0, 0.05) is 17.7 Å². The number of benzene rings is 1. The highest BCUT2D eigenvalue weighted by Crippen LogP contribution is 2.38. The number of aryl methyl sites for hydroxylation is 1. The molecule has 0 bridgehead atoms. The van der Waals surface area contributed by atoms with Gasteiger partial charge in [0.15, 0.2) is 0 Å². The molecule has 1 rings (SSSR count). The van der Waals surface area contributed by atoms with Gasteiger partial charge < -0.3 is 14.9 Å². The van der Waals surface area contributed by atoms with Crippen molar-refractivity contribution in [3.8, 4) is 11.5 Å². The highest BCUT2D eigenvalue weighted by molar-refractivity contribution is 5.54. The molecule has 1 aromatic rings. The number of hydrogen-bond donors (Lipinski definition) is 2. The van der Waals surface area contributed by atoms with E-state index in [1.807, 2.05) is 20.8 Å². The van der Waals surface area contributed by atoms with Gasteiger partial charge >= 0.3 is 0 Å². The quantitative estimate of drug-likeness (QED) is 0.379. The smallest absolute Gasteiger partial charge is 0.128 e. The normalized spacial score (nSPS) is 13.5. The lowest BCUT2D eigenvalue weighted by Gasteiger charge is -2.19. The molecular formula is C26H40O3. The van der Waals surface area contributed by atoms with E-state index in [-0.39, 0.29) is 17.6 Å². The molecule has 1 aromatic carbocycles. The Hall–Kier alpha value is -2.00. The second-order valence-electron chi connectivity index (χ2n) is 8.21. The van der Waals surface area contributed by atoms with Crippen LogP contribution in [-0.2, 0) is 11.2 Å². The zero-order valence-electron chi connectivity index (χ0n) is 19.4. The fourth-order valence-electron chi connectivity index (χ4n) is 3.50. The van der Waals surface area contributed by atoms with Crippen LogP contribution in [0, 0.1) is 6.92 Å². The van der Waals surface area contributed by atoms with E-state index in [2.05, 4.69) is 45.9 Å². The lowest BCUT2D eigenvalue weighted by atomic mass is 9.95. The van der Waals surface area contributed by atoms with Crippen molar-refractivity contribution in [2.45, 2.75) is 86.7 Å². The average molecular weight is 401 g/mol. The lowest BCUT2D eigenvalue weighted by molar-refractivity contribution is 0.0740. The van der Waals surface area contributed by atoms with E-state index in [1.165, 1.54) is 16.7 Å². The predicted molar refractivity (Wildman–Crippen MR) is 124 cm³/mol. The molecule has 0 aliphatic heterocycles. The van der Waals surface area contributed by atoms with Gasteiger partial charge in [0.25, 0.3) is 0 Å². The third kappa shape index (κ3) is 8.49. The van der Waals surface area contributed by atoms with E-state index in [0.29, 0.717) is 18.6 Å². The van der Waals surface area contributed by atoms with Crippen molar-refractivity contribution < 1.29 is 14.9 Å². The van der Waals surface area contributed by atoms with E-state index in [1.54, 1.807) is 6.07 Å². The predicted octanol–water partition coefficient (Wildman–Crippen LogP) is 7.47. The summed E-state index contributed by atoms with van der Waals surface area (Å²) in [6.45, 7) is 14.9. The zero-order chi connectivity index (χ0) is 22.0.